The molecular weight excluding hydrogens is 268 g/mol. The van der Waals surface area contributed by atoms with Gasteiger partial charge in [0.25, 0.3) is 5.91 Å². The van der Waals surface area contributed by atoms with E-state index in [0.717, 1.165) is 12.1 Å². The lowest BCUT2D eigenvalue weighted by Crippen LogP contribution is -2.40. The highest BCUT2D eigenvalue weighted by Crippen LogP contribution is 2.09. The second-order valence-corrected chi connectivity index (χ2v) is 4.24. The number of halogens is 2. The Morgan fingerprint density at radius 2 is 1.90 bits per heavy atom. The number of nitrogens with one attached hydrogen (secondary N) is 1. The lowest BCUT2D eigenvalue weighted by atomic mass is 10.1. The van der Waals surface area contributed by atoms with Crippen LogP contribution in [0.4, 0.5) is 8.78 Å². The van der Waals surface area contributed by atoms with Crippen molar-refractivity contribution in [1.29, 1.82) is 0 Å². The second kappa shape index (κ2) is 7.37. The molecule has 0 radical (unpaired) electrons. The molecule has 0 aliphatic rings. The molecule has 6 heteroatoms. The molecule has 0 spiro atoms. The number of amides is 1. The highest BCUT2D eigenvalue weighted by atomic mass is 19.1. The zero-order chi connectivity index (χ0) is 15.1. The van der Waals surface area contributed by atoms with Gasteiger partial charge in [-0.2, -0.15) is 0 Å². The summed E-state index contributed by atoms with van der Waals surface area (Å²) in [7, 11) is 0. The second-order valence-electron chi connectivity index (χ2n) is 4.24. The van der Waals surface area contributed by atoms with E-state index in [9.17, 15) is 18.4 Å². The monoisotopic (exact) mass is 283 g/mol. The first kappa shape index (κ1) is 15.8. The molecule has 1 aromatic carbocycles. The lowest BCUT2D eigenvalue weighted by Gasteiger charge is -2.14. The van der Waals surface area contributed by atoms with Crippen molar-refractivity contribution in [3.8, 4) is 0 Å². The number of benzene rings is 1. The van der Waals surface area contributed by atoms with E-state index in [-0.39, 0.29) is 12.0 Å². The van der Waals surface area contributed by atoms with E-state index in [1.807, 2.05) is 0 Å². The summed E-state index contributed by atoms with van der Waals surface area (Å²) in [6, 6.07) is 1.23. The average molecular weight is 283 g/mol. The summed E-state index contributed by atoms with van der Waals surface area (Å²) in [6.45, 7) is 3.51. The molecule has 0 bridgehead atoms. The summed E-state index contributed by atoms with van der Waals surface area (Å²) in [5, 5.41) is 11.2. The van der Waals surface area contributed by atoms with Gasteiger partial charge in [0, 0.05) is 11.6 Å². The van der Waals surface area contributed by atoms with Crippen molar-refractivity contribution in [2.45, 2.75) is 25.3 Å². The highest BCUT2D eigenvalue weighted by molar-refractivity contribution is 5.96. The Labute approximate surface area is 115 Å². The van der Waals surface area contributed by atoms with E-state index in [2.05, 4.69) is 11.9 Å². The number of unbranched alkanes of at least 4 members (excludes halogenated alkanes) is 1. The van der Waals surface area contributed by atoms with Gasteiger partial charge < -0.3 is 10.4 Å². The van der Waals surface area contributed by atoms with Crippen LogP contribution < -0.4 is 5.32 Å². The average Bonchev–Trinajstić information content (AvgIpc) is 2.36. The van der Waals surface area contributed by atoms with Gasteiger partial charge >= 0.3 is 5.97 Å². The van der Waals surface area contributed by atoms with Crippen LogP contribution in [0.2, 0.25) is 0 Å². The summed E-state index contributed by atoms with van der Waals surface area (Å²) < 4.78 is 26.0. The Morgan fingerprint density at radius 3 is 2.40 bits per heavy atom. The smallest absolute Gasteiger partial charge is 0.326 e. The molecule has 1 atom stereocenters. The molecule has 0 saturated heterocycles. The van der Waals surface area contributed by atoms with E-state index in [1.54, 1.807) is 6.08 Å². The van der Waals surface area contributed by atoms with Crippen LogP contribution in [0.3, 0.4) is 0 Å². The highest BCUT2D eigenvalue weighted by Gasteiger charge is 2.20. The quantitative estimate of drug-likeness (QED) is 0.597. The van der Waals surface area contributed by atoms with Crippen molar-refractivity contribution in [3.05, 3.63) is 48.1 Å². The Bertz CT molecular complexity index is 497. The van der Waals surface area contributed by atoms with Gasteiger partial charge in [0.05, 0.1) is 0 Å². The predicted molar refractivity (Wildman–Crippen MR) is 69.3 cm³/mol. The first-order valence-corrected chi connectivity index (χ1v) is 6.04. The van der Waals surface area contributed by atoms with Crippen molar-refractivity contribution in [2.24, 2.45) is 0 Å². The predicted octanol–water partition coefficient (Wildman–Crippen LogP) is 2.50. The van der Waals surface area contributed by atoms with E-state index >= 15 is 0 Å². The fourth-order valence-corrected chi connectivity index (χ4v) is 1.65. The van der Waals surface area contributed by atoms with Gasteiger partial charge in [-0.1, -0.05) is 6.08 Å². The standard InChI is InChI=1S/C14H15F2NO3/c1-2-3-4-5-12(14(19)20)17-13(18)9-6-10(15)8-11(16)7-9/h2,6-8,12H,1,3-5H2,(H,17,18)(H,19,20)/t12-/m1/s1. The number of hydrogen-bond acceptors (Lipinski definition) is 2. The molecule has 20 heavy (non-hydrogen) atoms. The molecule has 0 saturated carbocycles. The first-order chi connectivity index (χ1) is 9.43. The third-order valence-electron chi connectivity index (χ3n) is 2.63. The fraction of sp³-hybridized carbons (Fsp3) is 0.286. The molecular formula is C14H15F2NO3. The molecule has 1 aromatic rings. The van der Waals surface area contributed by atoms with Crippen molar-refractivity contribution >= 4 is 11.9 Å². The van der Waals surface area contributed by atoms with Crippen LogP contribution in [0.15, 0.2) is 30.9 Å². The molecule has 108 valence electrons. The van der Waals surface area contributed by atoms with Gasteiger partial charge in [0.2, 0.25) is 0 Å². The third kappa shape index (κ3) is 4.79. The van der Waals surface area contributed by atoms with Gasteiger partial charge in [-0.05, 0) is 31.4 Å². The van der Waals surface area contributed by atoms with Gasteiger partial charge in [-0.25, -0.2) is 13.6 Å². The molecule has 0 aromatic heterocycles. The lowest BCUT2D eigenvalue weighted by molar-refractivity contribution is -0.139. The van der Waals surface area contributed by atoms with Crippen LogP contribution in [-0.2, 0) is 4.79 Å². The zero-order valence-electron chi connectivity index (χ0n) is 10.7. The van der Waals surface area contributed by atoms with E-state index in [0.29, 0.717) is 18.9 Å². The maximum Gasteiger partial charge on any atom is 0.326 e. The molecule has 1 rings (SSSR count). The van der Waals surface area contributed by atoms with Gasteiger partial charge in [-0.15, -0.1) is 6.58 Å². The first-order valence-electron chi connectivity index (χ1n) is 6.04. The van der Waals surface area contributed by atoms with Crippen LogP contribution in [-0.4, -0.2) is 23.0 Å². The maximum atomic E-state index is 13.0. The minimum absolute atomic E-state index is 0.213. The van der Waals surface area contributed by atoms with Crippen molar-refractivity contribution in [3.63, 3.8) is 0 Å². The Balaban J connectivity index is 2.74. The number of allylic oxidation sites excluding steroid dienone is 1. The number of rotatable bonds is 7. The zero-order valence-corrected chi connectivity index (χ0v) is 10.7. The summed E-state index contributed by atoms with van der Waals surface area (Å²) in [5.74, 6) is -3.81. The summed E-state index contributed by atoms with van der Waals surface area (Å²) >= 11 is 0. The Kier molecular flexibility index (Phi) is 5.83. The Hall–Kier alpha value is -2.24. The molecule has 2 N–H and O–H groups in total. The van der Waals surface area contributed by atoms with E-state index in [4.69, 9.17) is 5.11 Å². The van der Waals surface area contributed by atoms with Crippen LogP contribution in [0, 0.1) is 11.6 Å². The number of hydrogen-bond donors (Lipinski definition) is 2. The molecule has 0 fully saturated rings. The van der Waals surface area contributed by atoms with E-state index < -0.39 is 29.6 Å². The van der Waals surface area contributed by atoms with Gasteiger partial charge in [0.1, 0.15) is 17.7 Å². The summed E-state index contributed by atoms with van der Waals surface area (Å²) in [5.41, 5.74) is -0.252. The fourth-order valence-electron chi connectivity index (χ4n) is 1.65. The SMILES string of the molecule is C=CCCC[C@@H](NC(=O)c1cc(F)cc(F)c1)C(=O)O. The van der Waals surface area contributed by atoms with E-state index in [1.165, 1.54) is 0 Å². The largest absolute Gasteiger partial charge is 0.480 e. The Morgan fingerprint density at radius 1 is 1.30 bits per heavy atom. The van der Waals surface area contributed by atoms with Gasteiger partial charge in [-0.3, -0.25) is 4.79 Å². The molecule has 1 amide bonds. The maximum absolute atomic E-state index is 13.0. The number of carboxylic acids is 1. The molecule has 4 nitrogen and oxygen atoms in total. The molecule has 0 aliphatic heterocycles. The van der Waals surface area contributed by atoms with Gasteiger partial charge in [0.15, 0.2) is 0 Å². The van der Waals surface area contributed by atoms with Crippen molar-refractivity contribution in [2.75, 3.05) is 0 Å². The number of carboxylic acid groups (broad SMARTS) is 1. The number of carbonyl (C=O) groups excluding carboxylic acids is 1. The molecule has 0 heterocycles. The summed E-state index contributed by atoms with van der Waals surface area (Å²) in [6.07, 6.45) is 3.01. The summed E-state index contributed by atoms with van der Waals surface area (Å²) in [4.78, 5) is 22.8. The molecule has 0 unspecified atom stereocenters. The van der Waals surface area contributed by atoms with Crippen molar-refractivity contribution in [1.82, 2.24) is 5.32 Å². The minimum Gasteiger partial charge on any atom is -0.480 e. The van der Waals surface area contributed by atoms with Crippen LogP contribution in [0.5, 0.6) is 0 Å². The molecule has 0 aliphatic carbocycles. The van der Waals surface area contributed by atoms with Crippen LogP contribution in [0.25, 0.3) is 0 Å². The van der Waals surface area contributed by atoms with Crippen molar-refractivity contribution < 1.29 is 23.5 Å². The third-order valence-corrected chi connectivity index (χ3v) is 2.63. The number of carbonyl (C=O) groups is 2. The van der Waals surface area contributed by atoms with Crippen LogP contribution >= 0.6 is 0 Å². The topological polar surface area (TPSA) is 66.4 Å². The number of aliphatic carboxylic acids is 1. The minimum atomic E-state index is -1.20. The van der Waals surface area contributed by atoms with Crippen LogP contribution in [0.1, 0.15) is 29.6 Å². The normalized spacial score (nSPS) is 11.7.